The average Bonchev–Trinajstić information content (AvgIpc) is 2.52. The molecule has 84 valence electrons. The molecule has 1 saturated heterocycles. The average molecular weight is 240 g/mol. The van der Waals surface area contributed by atoms with Crippen LogP contribution in [-0.4, -0.2) is 32.2 Å². The summed E-state index contributed by atoms with van der Waals surface area (Å²) in [5.74, 6) is 0. The Bertz CT molecular complexity index is 338. The molecule has 15 heavy (non-hydrogen) atoms. The number of rotatable bonds is 0. The molecular weight excluding hydrogens is 217 g/mol. The fourth-order valence-corrected chi connectivity index (χ4v) is 15.3. The molecule has 1 aliphatic heterocycles. The minimum Gasteiger partial charge on any atom is -0.199 e. The van der Waals surface area contributed by atoms with Crippen LogP contribution in [0.25, 0.3) is 0 Å². The summed E-state index contributed by atoms with van der Waals surface area (Å²) in [7, 11) is -1.79. The summed E-state index contributed by atoms with van der Waals surface area (Å²) in [4.78, 5) is 0. The van der Waals surface area contributed by atoms with Gasteiger partial charge in [0, 0.05) is 11.1 Å². The fourth-order valence-electron chi connectivity index (χ4n) is 3.53. The predicted octanol–water partition coefficient (Wildman–Crippen LogP) is 3.47. The van der Waals surface area contributed by atoms with Crippen molar-refractivity contribution in [3.05, 3.63) is 23.5 Å². The highest BCUT2D eigenvalue weighted by atomic mass is 31.2. The second kappa shape index (κ2) is 3.29. The van der Waals surface area contributed by atoms with Crippen molar-refractivity contribution >= 4 is 16.4 Å². The molecule has 0 spiro atoms. The molecule has 2 unspecified atom stereocenters. The van der Waals surface area contributed by atoms with Crippen molar-refractivity contribution in [2.45, 2.75) is 38.4 Å². The van der Waals surface area contributed by atoms with E-state index in [0.717, 1.165) is 5.54 Å². The van der Waals surface area contributed by atoms with Gasteiger partial charge in [-0.1, -0.05) is 18.7 Å². The van der Waals surface area contributed by atoms with E-state index in [9.17, 15) is 0 Å². The molecule has 2 rings (SSSR count). The lowest BCUT2D eigenvalue weighted by Crippen LogP contribution is -2.45. The van der Waals surface area contributed by atoms with E-state index in [1.165, 1.54) is 0 Å². The lowest BCUT2D eigenvalue weighted by molar-refractivity contribution is 0.378. The van der Waals surface area contributed by atoms with Gasteiger partial charge in [0.25, 0.3) is 0 Å². The Morgan fingerprint density at radius 2 is 1.93 bits per heavy atom. The lowest BCUT2D eigenvalue weighted by atomic mass is 10.1. The maximum absolute atomic E-state index is 2.90. The zero-order valence-electron chi connectivity index (χ0n) is 10.8. The summed E-state index contributed by atoms with van der Waals surface area (Å²) in [5.41, 5.74) is 1.18. The fraction of sp³-hybridized carbons (Fsp3) is 0.667. The van der Waals surface area contributed by atoms with Gasteiger partial charge in [-0.05, 0) is 26.8 Å². The number of fused-ring (bicyclic) bond motifs is 1. The quantitative estimate of drug-likeness (QED) is 0.463. The predicted molar refractivity (Wildman–Crippen MR) is 74.3 cm³/mol. The molecule has 0 aromatic rings. The molecule has 0 radical (unpaired) electrons. The monoisotopic (exact) mass is 240 g/mol. The van der Waals surface area contributed by atoms with Crippen LogP contribution in [0.4, 0.5) is 0 Å². The van der Waals surface area contributed by atoms with E-state index in [-0.39, 0.29) is 0 Å². The minimum atomic E-state index is -0.991. The molecule has 1 nitrogen and oxygen atoms in total. The van der Waals surface area contributed by atoms with E-state index < -0.39 is 16.4 Å². The normalized spacial score (nSPS) is 34.4. The standard InChI is InChI=1S/C12H23NPSi/c1-12(2,3)13-14(4,5)10-8-7-9-11(10)15(13)6/h7-9,11,15H,1-6H3/q+1. The lowest BCUT2D eigenvalue weighted by Gasteiger charge is -2.38. The Labute approximate surface area is 96.3 Å². The van der Waals surface area contributed by atoms with Gasteiger partial charge in [-0.25, -0.2) is 0 Å². The van der Waals surface area contributed by atoms with Crippen molar-refractivity contribution in [1.29, 1.82) is 0 Å². The summed E-state index contributed by atoms with van der Waals surface area (Å²) in [5, 5.41) is 1.76. The Kier molecular flexibility index (Phi) is 2.54. The zero-order valence-corrected chi connectivity index (χ0v) is 12.8. The van der Waals surface area contributed by atoms with Crippen LogP contribution in [0, 0.1) is 0 Å². The van der Waals surface area contributed by atoms with E-state index in [4.69, 9.17) is 0 Å². The molecule has 0 bridgehead atoms. The highest BCUT2D eigenvalue weighted by molar-refractivity contribution is 7.78. The molecular formula is C12H23NPSi+. The van der Waals surface area contributed by atoms with Crippen molar-refractivity contribution < 1.29 is 0 Å². The molecule has 0 amide bonds. The highest BCUT2D eigenvalue weighted by Gasteiger charge is 2.59. The van der Waals surface area contributed by atoms with Crippen molar-refractivity contribution in [2.24, 2.45) is 0 Å². The summed E-state index contributed by atoms with van der Waals surface area (Å²) in [6.07, 6.45) is 7.12. The van der Waals surface area contributed by atoms with Crippen LogP contribution in [-0.2, 0) is 0 Å². The van der Waals surface area contributed by atoms with Crippen molar-refractivity contribution in [3.63, 3.8) is 0 Å². The molecule has 2 aliphatic rings. The largest absolute Gasteiger partial charge is 0.199 e. The van der Waals surface area contributed by atoms with Crippen LogP contribution in [0.1, 0.15) is 20.8 Å². The van der Waals surface area contributed by atoms with Crippen LogP contribution in [0.3, 0.4) is 0 Å². The van der Waals surface area contributed by atoms with Gasteiger partial charge in [-0.15, -0.1) is 0 Å². The van der Waals surface area contributed by atoms with Gasteiger partial charge in [0.15, 0.2) is 8.96 Å². The third kappa shape index (κ3) is 1.58. The van der Waals surface area contributed by atoms with Crippen molar-refractivity contribution in [3.8, 4) is 0 Å². The van der Waals surface area contributed by atoms with Gasteiger partial charge in [-0.3, -0.25) is 0 Å². The van der Waals surface area contributed by atoms with Crippen LogP contribution >= 0.6 is 7.41 Å². The highest BCUT2D eigenvalue weighted by Crippen LogP contribution is 2.75. The molecule has 0 aromatic carbocycles. The summed E-state index contributed by atoms with van der Waals surface area (Å²) < 4.78 is 2.90. The summed E-state index contributed by atoms with van der Waals surface area (Å²) in [6.45, 7) is 14.7. The Morgan fingerprint density at radius 3 is 2.40 bits per heavy atom. The second-order valence-electron chi connectivity index (χ2n) is 6.15. The Morgan fingerprint density at radius 1 is 1.33 bits per heavy atom. The smallest absolute Gasteiger partial charge is 0.170 e. The molecule has 1 aliphatic carbocycles. The topological polar surface area (TPSA) is 3.24 Å². The van der Waals surface area contributed by atoms with Crippen molar-refractivity contribution in [2.75, 3.05) is 13.3 Å². The van der Waals surface area contributed by atoms with Gasteiger partial charge in [0.1, 0.15) is 0 Å². The van der Waals surface area contributed by atoms with Gasteiger partial charge >= 0.3 is 0 Å². The first-order chi connectivity index (χ1) is 6.76. The van der Waals surface area contributed by atoms with E-state index in [1.54, 1.807) is 5.31 Å². The van der Waals surface area contributed by atoms with Crippen molar-refractivity contribution in [1.82, 2.24) is 4.34 Å². The maximum atomic E-state index is 2.90. The summed E-state index contributed by atoms with van der Waals surface area (Å²) >= 11 is 0. The molecule has 0 saturated carbocycles. The van der Waals surface area contributed by atoms with Crippen LogP contribution in [0.2, 0.25) is 12.1 Å². The molecule has 1 fully saturated rings. The molecule has 3 heteroatoms. The van der Waals surface area contributed by atoms with Crippen LogP contribution in [0.5, 0.6) is 0 Å². The molecule has 2 atom stereocenters. The van der Waals surface area contributed by atoms with E-state index >= 15 is 0 Å². The Hall–Kier alpha value is 0.0869. The third-order valence-corrected chi connectivity index (χ3v) is 13.4. The number of allylic oxidation sites excluding steroid dienone is 4. The molecule has 0 aromatic heterocycles. The number of hydrogen-bond donors (Lipinski definition) is 0. The van der Waals surface area contributed by atoms with Gasteiger partial charge in [-0.2, -0.15) is 4.34 Å². The number of nitrogens with zero attached hydrogens (tertiary/aromatic N) is 1. The Balaban J connectivity index is 2.44. The first-order valence-corrected chi connectivity index (χ1v) is 10.8. The van der Waals surface area contributed by atoms with Gasteiger partial charge in [0.2, 0.25) is 0 Å². The summed E-state index contributed by atoms with van der Waals surface area (Å²) in [6, 6.07) is 0. The van der Waals surface area contributed by atoms with E-state index in [0.29, 0.717) is 5.54 Å². The molecule has 0 N–H and O–H groups in total. The van der Waals surface area contributed by atoms with Gasteiger partial charge in [0.05, 0.1) is 26.1 Å². The maximum Gasteiger partial charge on any atom is 0.170 e. The third-order valence-electron chi connectivity index (χ3n) is 3.69. The van der Waals surface area contributed by atoms with Gasteiger partial charge < -0.3 is 0 Å². The second-order valence-corrected chi connectivity index (χ2v) is 13.0. The zero-order chi connectivity index (χ0) is 11.4. The first-order valence-electron chi connectivity index (χ1n) is 5.79. The van der Waals surface area contributed by atoms with E-state index in [2.05, 4.69) is 63.2 Å². The van der Waals surface area contributed by atoms with E-state index in [1.807, 2.05) is 0 Å². The first kappa shape index (κ1) is 11.6. The van der Waals surface area contributed by atoms with Crippen LogP contribution in [0.15, 0.2) is 23.5 Å². The number of hydrogen-bond acceptors (Lipinski definition) is 1. The molecule has 1 heterocycles. The SMILES string of the molecule is C[SiH]1C2C=CC=C2[P+](C)(C)N1C(C)(C)C. The van der Waals surface area contributed by atoms with Crippen LogP contribution < -0.4 is 0 Å². The minimum absolute atomic E-state index is 0.349.